The second-order valence-electron chi connectivity index (χ2n) is 3.89. The molecule has 0 spiro atoms. The average molecular weight is 337 g/mol. The van der Waals surface area contributed by atoms with E-state index >= 15 is 0 Å². The lowest BCUT2D eigenvalue weighted by Gasteiger charge is -2.07. The van der Waals surface area contributed by atoms with Crippen LogP contribution in [0.1, 0.15) is 15.9 Å². The summed E-state index contributed by atoms with van der Waals surface area (Å²) < 4.78 is 26.9. The summed E-state index contributed by atoms with van der Waals surface area (Å²) in [4.78, 5) is 11.9. The van der Waals surface area contributed by atoms with Gasteiger partial charge in [0.05, 0.1) is 21.8 Å². The van der Waals surface area contributed by atoms with Gasteiger partial charge in [-0.25, -0.2) is 8.78 Å². The number of carbonyl (C=O) groups excluding carboxylic acids is 1. The molecule has 0 radical (unpaired) electrons. The first-order chi connectivity index (χ1) is 9.51. The topological polar surface area (TPSA) is 52.9 Å². The lowest BCUT2D eigenvalue weighted by Crippen LogP contribution is -2.13. The largest absolute Gasteiger partial charge is 0.319 e. The smallest absolute Gasteiger partial charge is 0.255 e. The number of carbonyl (C=O) groups is 1. The molecule has 0 heterocycles. The molecule has 20 heavy (non-hydrogen) atoms. The highest BCUT2D eigenvalue weighted by atomic mass is 79.9. The fourth-order valence-electron chi connectivity index (χ4n) is 1.51. The molecule has 2 rings (SSSR count). The standard InChI is InChI=1S/C14H7BrF2N2O/c15-10-5-12(17)13(6-11(10)16)19-14(20)9-3-1-8(7-18)2-4-9/h1-6H,(H,19,20). The Morgan fingerprint density at radius 2 is 1.80 bits per heavy atom. The van der Waals surface area contributed by atoms with Crippen molar-refractivity contribution in [2.24, 2.45) is 0 Å². The maximum atomic E-state index is 13.6. The summed E-state index contributed by atoms with van der Waals surface area (Å²) in [5.74, 6) is -2.02. The molecule has 0 bridgehead atoms. The number of hydrogen-bond acceptors (Lipinski definition) is 2. The summed E-state index contributed by atoms with van der Waals surface area (Å²) in [5, 5.41) is 10.9. The molecular weight excluding hydrogens is 330 g/mol. The Balaban J connectivity index is 2.23. The van der Waals surface area contributed by atoms with E-state index in [1.807, 2.05) is 6.07 Å². The molecule has 3 nitrogen and oxygen atoms in total. The number of hydrogen-bond donors (Lipinski definition) is 1. The summed E-state index contributed by atoms with van der Waals surface area (Å²) in [6, 6.07) is 9.54. The molecule has 0 saturated heterocycles. The summed E-state index contributed by atoms with van der Waals surface area (Å²) >= 11 is 2.85. The minimum Gasteiger partial charge on any atom is -0.319 e. The molecular formula is C14H7BrF2N2O. The minimum absolute atomic E-state index is 0.0219. The van der Waals surface area contributed by atoms with E-state index in [1.165, 1.54) is 24.3 Å². The maximum absolute atomic E-state index is 13.6. The third kappa shape index (κ3) is 3.00. The van der Waals surface area contributed by atoms with Gasteiger partial charge in [0.1, 0.15) is 11.6 Å². The number of benzene rings is 2. The molecule has 6 heteroatoms. The zero-order valence-electron chi connectivity index (χ0n) is 9.95. The molecule has 2 aromatic rings. The maximum Gasteiger partial charge on any atom is 0.255 e. The van der Waals surface area contributed by atoms with Crippen LogP contribution < -0.4 is 5.32 Å². The fraction of sp³-hybridized carbons (Fsp3) is 0. The van der Waals surface area contributed by atoms with E-state index in [0.717, 1.165) is 12.1 Å². The Bertz CT molecular complexity index is 708. The van der Waals surface area contributed by atoms with Gasteiger partial charge in [0.25, 0.3) is 5.91 Å². The zero-order valence-corrected chi connectivity index (χ0v) is 11.5. The van der Waals surface area contributed by atoms with E-state index < -0.39 is 17.5 Å². The predicted octanol–water partition coefficient (Wildman–Crippen LogP) is 3.85. The van der Waals surface area contributed by atoms with Gasteiger partial charge in [-0.05, 0) is 46.3 Å². The molecule has 0 aromatic heterocycles. The van der Waals surface area contributed by atoms with E-state index in [2.05, 4.69) is 21.2 Å². The van der Waals surface area contributed by atoms with Gasteiger partial charge in [-0.3, -0.25) is 4.79 Å². The number of nitrogens with zero attached hydrogens (tertiary/aromatic N) is 1. The number of anilines is 1. The normalized spacial score (nSPS) is 9.90. The second kappa shape index (κ2) is 5.80. The molecule has 0 saturated carbocycles. The van der Waals surface area contributed by atoms with E-state index in [1.54, 1.807) is 0 Å². The highest BCUT2D eigenvalue weighted by molar-refractivity contribution is 9.10. The molecule has 2 aromatic carbocycles. The number of nitriles is 1. The quantitative estimate of drug-likeness (QED) is 0.847. The summed E-state index contributed by atoms with van der Waals surface area (Å²) in [7, 11) is 0. The summed E-state index contributed by atoms with van der Waals surface area (Å²) in [5.41, 5.74) is 0.397. The molecule has 1 N–H and O–H groups in total. The van der Waals surface area contributed by atoms with Crippen molar-refractivity contribution in [1.29, 1.82) is 5.26 Å². The van der Waals surface area contributed by atoms with Crippen LogP contribution in [0.5, 0.6) is 0 Å². The van der Waals surface area contributed by atoms with Crippen LogP contribution in [-0.2, 0) is 0 Å². The van der Waals surface area contributed by atoms with Gasteiger partial charge in [0.2, 0.25) is 0 Å². The third-order valence-electron chi connectivity index (χ3n) is 2.53. The molecule has 1 amide bonds. The second-order valence-corrected chi connectivity index (χ2v) is 4.74. The van der Waals surface area contributed by atoms with E-state index in [4.69, 9.17) is 5.26 Å². The van der Waals surface area contributed by atoms with Crippen LogP contribution in [0, 0.1) is 23.0 Å². The molecule has 0 fully saturated rings. The van der Waals surface area contributed by atoms with Crippen molar-refractivity contribution in [3.8, 4) is 6.07 Å². The van der Waals surface area contributed by atoms with Gasteiger partial charge in [0.15, 0.2) is 0 Å². The van der Waals surface area contributed by atoms with Crippen molar-refractivity contribution in [2.75, 3.05) is 5.32 Å². The molecule has 0 aliphatic heterocycles. The Hall–Kier alpha value is -2.26. The average Bonchev–Trinajstić information content (AvgIpc) is 2.44. The van der Waals surface area contributed by atoms with Gasteiger partial charge in [-0.1, -0.05) is 0 Å². The lowest BCUT2D eigenvalue weighted by atomic mass is 10.1. The number of nitrogens with one attached hydrogen (secondary N) is 1. The van der Waals surface area contributed by atoms with Crippen LogP contribution >= 0.6 is 15.9 Å². The summed E-state index contributed by atoms with van der Waals surface area (Å²) in [6.07, 6.45) is 0. The minimum atomic E-state index is -0.750. The number of rotatable bonds is 2. The Labute approximate surface area is 122 Å². The van der Waals surface area contributed by atoms with Crippen molar-refractivity contribution in [1.82, 2.24) is 0 Å². The first-order valence-corrected chi connectivity index (χ1v) is 6.26. The SMILES string of the molecule is N#Cc1ccc(C(=O)Nc2cc(F)c(Br)cc2F)cc1. The van der Waals surface area contributed by atoms with E-state index in [0.29, 0.717) is 5.56 Å². The van der Waals surface area contributed by atoms with Crippen LogP contribution in [0.15, 0.2) is 40.9 Å². The number of halogens is 3. The Kier molecular flexibility index (Phi) is 4.11. The van der Waals surface area contributed by atoms with Gasteiger partial charge in [-0.15, -0.1) is 0 Å². The molecule has 0 atom stereocenters. The molecule has 100 valence electrons. The Morgan fingerprint density at radius 3 is 2.40 bits per heavy atom. The highest BCUT2D eigenvalue weighted by Crippen LogP contribution is 2.23. The lowest BCUT2D eigenvalue weighted by molar-refractivity contribution is 0.102. The van der Waals surface area contributed by atoms with Crippen LogP contribution in [0.4, 0.5) is 14.5 Å². The van der Waals surface area contributed by atoms with Crippen molar-refractivity contribution in [3.63, 3.8) is 0 Å². The summed E-state index contributed by atoms with van der Waals surface area (Å²) in [6.45, 7) is 0. The van der Waals surface area contributed by atoms with Crippen molar-refractivity contribution in [3.05, 3.63) is 63.6 Å². The van der Waals surface area contributed by atoms with Gasteiger partial charge in [0, 0.05) is 11.6 Å². The van der Waals surface area contributed by atoms with Gasteiger partial charge < -0.3 is 5.32 Å². The molecule has 0 aliphatic rings. The van der Waals surface area contributed by atoms with Crippen LogP contribution in [-0.4, -0.2) is 5.91 Å². The monoisotopic (exact) mass is 336 g/mol. The van der Waals surface area contributed by atoms with Gasteiger partial charge in [-0.2, -0.15) is 5.26 Å². The van der Waals surface area contributed by atoms with Crippen LogP contribution in [0.25, 0.3) is 0 Å². The molecule has 0 unspecified atom stereocenters. The van der Waals surface area contributed by atoms with Crippen molar-refractivity contribution < 1.29 is 13.6 Å². The molecule has 0 aliphatic carbocycles. The van der Waals surface area contributed by atoms with Crippen molar-refractivity contribution >= 4 is 27.5 Å². The Morgan fingerprint density at radius 1 is 1.15 bits per heavy atom. The van der Waals surface area contributed by atoms with E-state index in [9.17, 15) is 13.6 Å². The van der Waals surface area contributed by atoms with Gasteiger partial charge >= 0.3 is 0 Å². The van der Waals surface area contributed by atoms with E-state index in [-0.39, 0.29) is 15.7 Å². The van der Waals surface area contributed by atoms with Crippen LogP contribution in [0.2, 0.25) is 0 Å². The zero-order chi connectivity index (χ0) is 14.7. The van der Waals surface area contributed by atoms with Crippen molar-refractivity contribution in [2.45, 2.75) is 0 Å². The third-order valence-corrected chi connectivity index (χ3v) is 3.14. The first kappa shape index (κ1) is 14.2. The highest BCUT2D eigenvalue weighted by Gasteiger charge is 2.12. The first-order valence-electron chi connectivity index (χ1n) is 5.47. The fourth-order valence-corrected chi connectivity index (χ4v) is 1.82. The van der Waals surface area contributed by atoms with Crippen LogP contribution in [0.3, 0.4) is 0 Å². The predicted molar refractivity (Wildman–Crippen MR) is 73.2 cm³/mol. The number of amides is 1.